The van der Waals surface area contributed by atoms with Crippen molar-refractivity contribution in [2.75, 3.05) is 26.2 Å². The molecule has 21 heavy (non-hydrogen) atoms. The third-order valence-electron chi connectivity index (χ3n) is 3.78. The molecule has 0 radical (unpaired) electrons. The van der Waals surface area contributed by atoms with Gasteiger partial charge in [0.25, 0.3) is 5.91 Å². The summed E-state index contributed by atoms with van der Waals surface area (Å²) in [5.74, 6) is -0.684. The van der Waals surface area contributed by atoms with E-state index in [0.717, 1.165) is 0 Å². The van der Waals surface area contributed by atoms with Crippen LogP contribution >= 0.6 is 12.2 Å². The highest BCUT2D eigenvalue weighted by Crippen LogP contribution is 2.25. The lowest BCUT2D eigenvalue weighted by atomic mass is 10.1. The van der Waals surface area contributed by atoms with Gasteiger partial charge in [0, 0.05) is 31.7 Å². The van der Waals surface area contributed by atoms with Gasteiger partial charge in [0.2, 0.25) is 0 Å². The summed E-state index contributed by atoms with van der Waals surface area (Å²) in [5, 5.41) is 18.7. The number of benzene rings is 1. The van der Waals surface area contributed by atoms with E-state index >= 15 is 0 Å². The molecule has 1 fully saturated rings. The van der Waals surface area contributed by atoms with Crippen molar-refractivity contribution in [3.05, 3.63) is 23.8 Å². The zero-order valence-electron chi connectivity index (χ0n) is 11.8. The maximum atomic E-state index is 12.3. The molecule has 1 aromatic rings. The lowest BCUT2D eigenvalue weighted by molar-refractivity contribution is 0.0621. The summed E-state index contributed by atoms with van der Waals surface area (Å²) >= 11 is 4.99. The van der Waals surface area contributed by atoms with Crippen molar-refractivity contribution >= 4 is 23.1 Å². The number of thiocarbonyl (C=S) groups is 1. The Labute approximate surface area is 128 Å². The van der Waals surface area contributed by atoms with E-state index in [2.05, 4.69) is 4.90 Å². The van der Waals surface area contributed by atoms with E-state index < -0.39 is 0 Å². The van der Waals surface area contributed by atoms with Crippen LogP contribution in [0.1, 0.15) is 17.3 Å². The van der Waals surface area contributed by atoms with E-state index in [4.69, 9.17) is 18.0 Å². The lowest BCUT2D eigenvalue weighted by Gasteiger charge is -2.37. The minimum Gasteiger partial charge on any atom is -0.504 e. The summed E-state index contributed by atoms with van der Waals surface area (Å²) in [6, 6.07) is 4.12. The van der Waals surface area contributed by atoms with Gasteiger partial charge in [-0.05, 0) is 25.1 Å². The normalized spacial score (nSPS) is 17.5. The van der Waals surface area contributed by atoms with E-state index in [0.29, 0.717) is 36.7 Å². The third-order valence-corrected chi connectivity index (χ3v) is 4.12. The van der Waals surface area contributed by atoms with E-state index in [9.17, 15) is 15.0 Å². The molecular weight excluding hydrogens is 290 g/mol. The highest BCUT2D eigenvalue weighted by atomic mass is 32.1. The van der Waals surface area contributed by atoms with Gasteiger partial charge >= 0.3 is 0 Å². The van der Waals surface area contributed by atoms with Crippen LogP contribution in [0.4, 0.5) is 0 Å². The van der Waals surface area contributed by atoms with Crippen LogP contribution in [0.2, 0.25) is 0 Å². The summed E-state index contributed by atoms with van der Waals surface area (Å²) in [6.45, 7) is 4.52. The molecule has 1 unspecified atom stereocenters. The van der Waals surface area contributed by atoms with Crippen LogP contribution in [0, 0.1) is 0 Å². The number of piperazine rings is 1. The predicted octanol–water partition coefficient (Wildman–Crippen LogP) is 0.530. The number of hydrogen-bond acceptors (Lipinski definition) is 5. The molecule has 6 nitrogen and oxygen atoms in total. The van der Waals surface area contributed by atoms with Crippen molar-refractivity contribution in [2.45, 2.75) is 13.0 Å². The molecule has 0 bridgehead atoms. The van der Waals surface area contributed by atoms with Gasteiger partial charge in [-0.25, -0.2) is 0 Å². The standard InChI is InChI=1S/C14H19N3O3S/c1-9(13(15)21)16-4-6-17(7-5-16)14(20)10-2-3-11(18)12(19)8-10/h2-3,8-9,18-19H,4-7H2,1H3,(H2,15,21). The van der Waals surface area contributed by atoms with Gasteiger partial charge in [0.05, 0.1) is 11.0 Å². The molecule has 1 aromatic carbocycles. The van der Waals surface area contributed by atoms with Gasteiger partial charge in [-0.2, -0.15) is 0 Å². The van der Waals surface area contributed by atoms with Crippen LogP contribution < -0.4 is 5.73 Å². The van der Waals surface area contributed by atoms with Crippen molar-refractivity contribution in [1.29, 1.82) is 0 Å². The zero-order valence-corrected chi connectivity index (χ0v) is 12.6. The van der Waals surface area contributed by atoms with Crippen molar-refractivity contribution in [2.24, 2.45) is 5.73 Å². The van der Waals surface area contributed by atoms with Crippen molar-refractivity contribution in [1.82, 2.24) is 9.80 Å². The molecule has 1 aliphatic heterocycles. The molecule has 114 valence electrons. The van der Waals surface area contributed by atoms with Gasteiger partial charge < -0.3 is 20.8 Å². The second-order valence-corrected chi connectivity index (χ2v) is 5.58. The van der Waals surface area contributed by atoms with Crippen molar-refractivity contribution in [3.63, 3.8) is 0 Å². The average Bonchev–Trinajstić information content (AvgIpc) is 2.48. The fourth-order valence-corrected chi connectivity index (χ4v) is 2.48. The molecule has 1 atom stereocenters. The van der Waals surface area contributed by atoms with E-state index in [1.165, 1.54) is 18.2 Å². The van der Waals surface area contributed by atoms with Gasteiger partial charge in [-0.1, -0.05) is 12.2 Å². The van der Waals surface area contributed by atoms with Gasteiger partial charge in [0.1, 0.15) is 0 Å². The average molecular weight is 309 g/mol. The minimum absolute atomic E-state index is 0.0231. The second-order valence-electron chi connectivity index (χ2n) is 5.11. The fourth-order valence-electron chi connectivity index (χ4n) is 2.33. The monoisotopic (exact) mass is 309 g/mol. The molecule has 4 N–H and O–H groups in total. The SMILES string of the molecule is CC(C(N)=S)N1CCN(C(=O)c2ccc(O)c(O)c2)CC1. The molecule has 1 saturated heterocycles. The van der Waals surface area contributed by atoms with Crippen LogP contribution in [0.25, 0.3) is 0 Å². The quantitative estimate of drug-likeness (QED) is 0.557. The largest absolute Gasteiger partial charge is 0.504 e. The first-order chi connectivity index (χ1) is 9.90. The Morgan fingerprint density at radius 3 is 2.38 bits per heavy atom. The first kappa shape index (κ1) is 15.5. The number of aromatic hydroxyl groups is 2. The molecule has 0 aliphatic carbocycles. The van der Waals surface area contributed by atoms with Crippen LogP contribution in [-0.4, -0.2) is 63.1 Å². The van der Waals surface area contributed by atoms with Crippen LogP contribution in [0.5, 0.6) is 11.5 Å². The van der Waals surface area contributed by atoms with E-state index in [1.54, 1.807) is 4.90 Å². The highest BCUT2D eigenvalue weighted by molar-refractivity contribution is 7.80. The summed E-state index contributed by atoms with van der Waals surface area (Å²) in [4.78, 5) is 16.7. The van der Waals surface area contributed by atoms with Crippen LogP contribution in [-0.2, 0) is 0 Å². The van der Waals surface area contributed by atoms with Gasteiger partial charge in [-0.3, -0.25) is 9.69 Å². The maximum Gasteiger partial charge on any atom is 0.254 e. The van der Waals surface area contributed by atoms with Crippen molar-refractivity contribution < 1.29 is 15.0 Å². The van der Waals surface area contributed by atoms with E-state index in [1.807, 2.05) is 6.92 Å². The Morgan fingerprint density at radius 2 is 1.86 bits per heavy atom. The van der Waals surface area contributed by atoms with Gasteiger partial charge in [0.15, 0.2) is 11.5 Å². The Kier molecular flexibility index (Phi) is 4.64. The molecule has 1 amide bonds. The number of phenolic OH excluding ortho intramolecular Hbond substituents is 2. The number of hydrogen-bond donors (Lipinski definition) is 3. The lowest BCUT2D eigenvalue weighted by Crippen LogP contribution is -2.53. The fraction of sp³-hybridized carbons (Fsp3) is 0.429. The number of nitrogens with two attached hydrogens (primary N) is 1. The Bertz CT molecular complexity index is 556. The number of phenols is 2. The minimum atomic E-state index is -0.290. The number of nitrogens with zero attached hydrogens (tertiary/aromatic N) is 2. The molecule has 1 aliphatic rings. The maximum absolute atomic E-state index is 12.3. The number of carbonyl (C=O) groups is 1. The Hall–Kier alpha value is -1.86. The summed E-state index contributed by atoms with van der Waals surface area (Å²) < 4.78 is 0. The highest BCUT2D eigenvalue weighted by Gasteiger charge is 2.25. The predicted molar refractivity (Wildman–Crippen MR) is 83.5 cm³/mol. The summed E-state index contributed by atoms with van der Waals surface area (Å²) in [5.41, 5.74) is 6.00. The summed E-state index contributed by atoms with van der Waals surface area (Å²) in [6.07, 6.45) is 0. The number of rotatable bonds is 3. The summed E-state index contributed by atoms with van der Waals surface area (Å²) in [7, 11) is 0. The molecule has 0 aromatic heterocycles. The Balaban J connectivity index is 2.00. The Morgan fingerprint density at radius 1 is 1.24 bits per heavy atom. The van der Waals surface area contributed by atoms with E-state index in [-0.39, 0.29) is 23.4 Å². The zero-order chi connectivity index (χ0) is 15.6. The first-order valence-electron chi connectivity index (χ1n) is 6.74. The molecule has 2 rings (SSSR count). The molecule has 0 spiro atoms. The molecule has 7 heteroatoms. The smallest absolute Gasteiger partial charge is 0.254 e. The second kappa shape index (κ2) is 6.28. The van der Waals surface area contributed by atoms with Crippen LogP contribution in [0.15, 0.2) is 18.2 Å². The number of carbonyl (C=O) groups excluding carboxylic acids is 1. The molecule has 1 heterocycles. The molecule has 0 saturated carbocycles. The van der Waals surface area contributed by atoms with Crippen molar-refractivity contribution in [3.8, 4) is 11.5 Å². The number of amides is 1. The van der Waals surface area contributed by atoms with Crippen LogP contribution in [0.3, 0.4) is 0 Å². The molecular formula is C14H19N3O3S. The van der Waals surface area contributed by atoms with Gasteiger partial charge in [-0.15, -0.1) is 0 Å². The first-order valence-corrected chi connectivity index (χ1v) is 7.15. The third kappa shape index (κ3) is 3.43. The topological polar surface area (TPSA) is 90.0 Å².